The Kier molecular flexibility index (Phi) is 4.18. The van der Waals surface area contributed by atoms with E-state index >= 15 is 0 Å². The van der Waals surface area contributed by atoms with Crippen molar-refractivity contribution < 1.29 is 9.53 Å². The Morgan fingerprint density at radius 1 is 1.41 bits per heavy atom. The van der Waals surface area contributed by atoms with Crippen molar-refractivity contribution in [2.45, 2.75) is 19.8 Å². The molecular formula is C13H22N2O2. The van der Waals surface area contributed by atoms with Crippen molar-refractivity contribution in [3.05, 3.63) is 11.1 Å². The van der Waals surface area contributed by atoms with Crippen LogP contribution in [0, 0.1) is 5.92 Å². The number of nitrogens with zero attached hydrogens (tertiary/aromatic N) is 1. The number of hydrogen-bond acceptors (Lipinski definition) is 3. The number of carbonyl (C=O) groups is 1. The van der Waals surface area contributed by atoms with E-state index in [1.807, 2.05) is 18.9 Å². The van der Waals surface area contributed by atoms with E-state index in [1.165, 1.54) is 5.57 Å². The van der Waals surface area contributed by atoms with Crippen molar-refractivity contribution in [2.75, 3.05) is 39.9 Å². The van der Waals surface area contributed by atoms with Gasteiger partial charge < -0.3 is 15.0 Å². The Labute approximate surface area is 103 Å². The molecule has 17 heavy (non-hydrogen) atoms. The Morgan fingerprint density at radius 2 is 2.06 bits per heavy atom. The molecule has 0 radical (unpaired) electrons. The highest BCUT2D eigenvalue weighted by Gasteiger charge is 2.22. The summed E-state index contributed by atoms with van der Waals surface area (Å²) in [5.41, 5.74) is 2.19. The van der Waals surface area contributed by atoms with Gasteiger partial charge in [0, 0.05) is 45.5 Å². The Hall–Kier alpha value is -0.870. The zero-order chi connectivity index (χ0) is 12.3. The summed E-state index contributed by atoms with van der Waals surface area (Å²) in [5.74, 6) is 0.794. The summed E-state index contributed by atoms with van der Waals surface area (Å²) in [6.07, 6.45) is 2.16. The van der Waals surface area contributed by atoms with Crippen molar-refractivity contribution in [1.29, 1.82) is 0 Å². The number of hydrogen-bond donors (Lipinski definition) is 1. The van der Waals surface area contributed by atoms with Crippen LogP contribution in [0.5, 0.6) is 0 Å². The number of amides is 1. The molecule has 2 aliphatic heterocycles. The molecule has 0 unspecified atom stereocenters. The number of ether oxygens (including phenoxy) is 1. The summed E-state index contributed by atoms with van der Waals surface area (Å²) >= 11 is 0. The molecule has 2 saturated heterocycles. The molecule has 0 atom stereocenters. The van der Waals surface area contributed by atoms with Crippen LogP contribution in [-0.4, -0.2) is 50.7 Å². The number of carbonyl (C=O) groups excluding carboxylic acids is 1. The summed E-state index contributed by atoms with van der Waals surface area (Å²) in [6, 6.07) is 0. The van der Waals surface area contributed by atoms with E-state index in [0.29, 0.717) is 5.92 Å². The molecule has 0 aromatic heterocycles. The molecule has 0 spiro atoms. The topological polar surface area (TPSA) is 41.6 Å². The Morgan fingerprint density at radius 3 is 2.59 bits per heavy atom. The van der Waals surface area contributed by atoms with Gasteiger partial charge in [0.05, 0.1) is 0 Å². The zero-order valence-electron chi connectivity index (χ0n) is 10.8. The van der Waals surface area contributed by atoms with Crippen molar-refractivity contribution in [3.63, 3.8) is 0 Å². The third-order valence-electron chi connectivity index (χ3n) is 3.75. The van der Waals surface area contributed by atoms with Crippen LogP contribution in [0.4, 0.5) is 0 Å². The Bertz CT molecular complexity index is 313. The highest BCUT2D eigenvalue weighted by atomic mass is 16.5. The van der Waals surface area contributed by atoms with Gasteiger partial charge in [0.25, 0.3) is 0 Å². The van der Waals surface area contributed by atoms with E-state index in [9.17, 15) is 4.79 Å². The Balaban J connectivity index is 1.86. The summed E-state index contributed by atoms with van der Waals surface area (Å²) in [5, 5.41) is 3.17. The highest BCUT2D eigenvalue weighted by molar-refractivity contribution is 5.93. The minimum Gasteiger partial charge on any atom is -0.381 e. The smallest absolute Gasteiger partial charge is 0.249 e. The molecule has 2 aliphatic rings. The molecule has 2 fully saturated rings. The average Bonchev–Trinajstić information content (AvgIpc) is 2.27. The largest absolute Gasteiger partial charge is 0.381 e. The maximum Gasteiger partial charge on any atom is 0.249 e. The van der Waals surface area contributed by atoms with Crippen LogP contribution >= 0.6 is 0 Å². The van der Waals surface area contributed by atoms with Crippen LogP contribution in [0.3, 0.4) is 0 Å². The first-order valence-electron chi connectivity index (χ1n) is 6.41. The van der Waals surface area contributed by atoms with Gasteiger partial charge in [0.15, 0.2) is 0 Å². The lowest BCUT2D eigenvalue weighted by Crippen LogP contribution is -2.39. The van der Waals surface area contributed by atoms with E-state index in [-0.39, 0.29) is 5.91 Å². The second-order valence-electron chi connectivity index (χ2n) is 5.07. The monoisotopic (exact) mass is 238 g/mol. The van der Waals surface area contributed by atoms with E-state index in [4.69, 9.17) is 4.74 Å². The van der Waals surface area contributed by atoms with Crippen LogP contribution in [0.15, 0.2) is 11.1 Å². The van der Waals surface area contributed by atoms with Gasteiger partial charge in [-0.05, 0) is 31.3 Å². The molecule has 96 valence electrons. The van der Waals surface area contributed by atoms with E-state index < -0.39 is 0 Å². The minimum absolute atomic E-state index is 0.188. The summed E-state index contributed by atoms with van der Waals surface area (Å²) in [6.45, 7) is 6.25. The van der Waals surface area contributed by atoms with Crippen LogP contribution in [0.1, 0.15) is 19.8 Å². The summed E-state index contributed by atoms with van der Waals surface area (Å²) in [4.78, 5) is 14.0. The van der Waals surface area contributed by atoms with Crippen molar-refractivity contribution in [1.82, 2.24) is 10.2 Å². The molecule has 2 heterocycles. The third kappa shape index (κ3) is 3.07. The van der Waals surface area contributed by atoms with Gasteiger partial charge >= 0.3 is 0 Å². The van der Waals surface area contributed by atoms with Gasteiger partial charge in [-0.15, -0.1) is 0 Å². The van der Waals surface area contributed by atoms with Crippen LogP contribution in [-0.2, 0) is 9.53 Å². The summed E-state index contributed by atoms with van der Waals surface area (Å²) in [7, 11) is 1.91. The van der Waals surface area contributed by atoms with E-state index in [1.54, 1.807) is 0 Å². The molecule has 4 heteroatoms. The summed E-state index contributed by atoms with van der Waals surface area (Å²) < 4.78 is 5.33. The molecule has 0 saturated carbocycles. The SMILES string of the molecule is CC(C(=O)N(C)CC1CCOCC1)=C1CNC1. The fraction of sp³-hybridized carbons (Fsp3) is 0.769. The lowest BCUT2D eigenvalue weighted by molar-refractivity contribution is -0.126. The fourth-order valence-corrected chi connectivity index (χ4v) is 2.35. The van der Waals surface area contributed by atoms with Crippen LogP contribution in [0.2, 0.25) is 0 Å². The van der Waals surface area contributed by atoms with Gasteiger partial charge in [-0.2, -0.15) is 0 Å². The maximum atomic E-state index is 12.2. The fourth-order valence-electron chi connectivity index (χ4n) is 2.35. The molecule has 4 nitrogen and oxygen atoms in total. The first kappa shape index (κ1) is 12.6. The zero-order valence-corrected chi connectivity index (χ0v) is 10.8. The quantitative estimate of drug-likeness (QED) is 0.739. The van der Waals surface area contributed by atoms with E-state index in [2.05, 4.69) is 5.32 Å². The standard InChI is InChI=1S/C13H22N2O2/c1-10(12-7-14-8-12)13(16)15(2)9-11-3-5-17-6-4-11/h11,14H,3-9H2,1-2H3. The van der Waals surface area contributed by atoms with Crippen molar-refractivity contribution >= 4 is 5.91 Å². The van der Waals surface area contributed by atoms with Gasteiger partial charge in [-0.1, -0.05) is 0 Å². The molecular weight excluding hydrogens is 216 g/mol. The third-order valence-corrected chi connectivity index (χ3v) is 3.75. The molecule has 0 aromatic carbocycles. The van der Waals surface area contributed by atoms with Crippen LogP contribution in [0.25, 0.3) is 0 Å². The molecule has 2 rings (SSSR count). The van der Waals surface area contributed by atoms with Crippen molar-refractivity contribution in [3.8, 4) is 0 Å². The minimum atomic E-state index is 0.188. The van der Waals surface area contributed by atoms with Gasteiger partial charge in [0.1, 0.15) is 0 Å². The predicted octanol–water partition coefficient (Wildman–Crippen LogP) is 0.791. The second kappa shape index (κ2) is 5.65. The molecule has 0 aliphatic carbocycles. The molecule has 0 bridgehead atoms. The first-order valence-corrected chi connectivity index (χ1v) is 6.41. The highest BCUT2D eigenvalue weighted by Crippen LogP contribution is 2.17. The van der Waals surface area contributed by atoms with Gasteiger partial charge in [-0.25, -0.2) is 0 Å². The maximum absolute atomic E-state index is 12.2. The molecule has 0 aromatic rings. The molecule has 1 amide bonds. The predicted molar refractivity (Wildman–Crippen MR) is 66.7 cm³/mol. The lowest BCUT2D eigenvalue weighted by atomic mass is 9.98. The first-order chi connectivity index (χ1) is 8.18. The molecule has 1 N–H and O–H groups in total. The second-order valence-corrected chi connectivity index (χ2v) is 5.07. The average molecular weight is 238 g/mol. The number of likely N-dealkylation sites (N-methyl/N-ethyl adjacent to an activating group) is 1. The van der Waals surface area contributed by atoms with Gasteiger partial charge in [-0.3, -0.25) is 4.79 Å². The lowest BCUT2D eigenvalue weighted by Gasteiger charge is -2.29. The van der Waals surface area contributed by atoms with E-state index in [0.717, 1.165) is 51.3 Å². The van der Waals surface area contributed by atoms with Gasteiger partial charge in [0.2, 0.25) is 5.91 Å². The number of rotatable bonds is 3. The van der Waals surface area contributed by atoms with Crippen LogP contribution < -0.4 is 5.32 Å². The number of nitrogens with one attached hydrogen (secondary N) is 1. The normalized spacial score (nSPS) is 20.9. The van der Waals surface area contributed by atoms with Crippen molar-refractivity contribution in [2.24, 2.45) is 5.92 Å².